The van der Waals surface area contributed by atoms with Crippen LogP contribution in [0.5, 0.6) is 5.75 Å². The van der Waals surface area contributed by atoms with Crippen molar-refractivity contribution in [3.05, 3.63) is 64.7 Å². The number of ether oxygens (including phenoxy) is 1. The predicted molar refractivity (Wildman–Crippen MR) is 82.3 cm³/mol. The molecule has 0 aliphatic rings. The highest BCUT2D eigenvalue weighted by atomic mass is 35.5. The molecule has 0 amide bonds. The number of para-hydroxylation sites is 1. The molecule has 0 saturated heterocycles. The minimum atomic E-state index is -0.579. The molecule has 0 saturated carbocycles. The molecule has 2 rings (SSSR count). The SMILES string of the molecule is CCCOc1ccccc1C(O)Cc1ccc(Cl)cc1. The van der Waals surface area contributed by atoms with Crippen LogP contribution in [0.2, 0.25) is 5.02 Å². The normalized spacial score (nSPS) is 12.2. The van der Waals surface area contributed by atoms with E-state index in [0.29, 0.717) is 18.1 Å². The van der Waals surface area contributed by atoms with Crippen molar-refractivity contribution in [3.63, 3.8) is 0 Å². The van der Waals surface area contributed by atoms with Crippen molar-refractivity contribution in [2.45, 2.75) is 25.9 Å². The maximum Gasteiger partial charge on any atom is 0.125 e. The van der Waals surface area contributed by atoms with Crippen LogP contribution in [0.25, 0.3) is 0 Å². The van der Waals surface area contributed by atoms with Gasteiger partial charge in [0.15, 0.2) is 0 Å². The van der Waals surface area contributed by atoms with Gasteiger partial charge in [0.2, 0.25) is 0 Å². The summed E-state index contributed by atoms with van der Waals surface area (Å²) in [5.74, 6) is 0.760. The van der Waals surface area contributed by atoms with Gasteiger partial charge in [-0.1, -0.05) is 48.9 Å². The van der Waals surface area contributed by atoms with E-state index in [0.717, 1.165) is 23.3 Å². The maximum atomic E-state index is 10.4. The third-order valence-electron chi connectivity index (χ3n) is 3.08. The molecule has 1 N–H and O–H groups in total. The zero-order valence-electron chi connectivity index (χ0n) is 11.6. The fraction of sp³-hybridized carbons (Fsp3) is 0.294. The Bertz CT molecular complexity index is 537. The standard InChI is InChI=1S/C17H19ClO2/c1-2-11-20-17-6-4-3-5-15(17)16(19)12-13-7-9-14(18)10-8-13/h3-10,16,19H,2,11-12H2,1H3. The summed E-state index contributed by atoms with van der Waals surface area (Å²) in [7, 11) is 0. The van der Waals surface area contributed by atoms with Crippen LogP contribution in [-0.2, 0) is 6.42 Å². The lowest BCUT2D eigenvalue weighted by atomic mass is 10.0. The van der Waals surface area contributed by atoms with Crippen molar-refractivity contribution >= 4 is 11.6 Å². The highest BCUT2D eigenvalue weighted by Gasteiger charge is 2.13. The van der Waals surface area contributed by atoms with Gasteiger partial charge < -0.3 is 9.84 Å². The molecule has 0 aliphatic carbocycles. The lowest BCUT2D eigenvalue weighted by molar-refractivity contribution is 0.171. The molecule has 20 heavy (non-hydrogen) atoms. The van der Waals surface area contributed by atoms with Crippen molar-refractivity contribution in [1.82, 2.24) is 0 Å². The van der Waals surface area contributed by atoms with Gasteiger partial charge in [0.05, 0.1) is 12.7 Å². The molecule has 3 heteroatoms. The first-order chi connectivity index (χ1) is 9.70. The Hall–Kier alpha value is -1.51. The van der Waals surface area contributed by atoms with E-state index in [4.69, 9.17) is 16.3 Å². The lowest BCUT2D eigenvalue weighted by Gasteiger charge is -2.16. The van der Waals surface area contributed by atoms with E-state index in [9.17, 15) is 5.11 Å². The first-order valence-electron chi connectivity index (χ1n) is 6.85. The quantitative estimate of drug-likeness (QED) is 0.854. The van der Waals surface area contributed by atoms with Gasteiger partial charge in [-0.15, -0.1) is 0 Å². The summed E-state index contributed by atoms with van der Waals surface area (Å²) < 4.78 is 5.68. The van der Waals surface area contributed by atoms with Crippen LogP contribution in [0.15, 0.2) is 48.5 Å². The molecule has 0 radical (unpaired) electrons. The highest BCUT2D eigenvalue weighted by molar-refractivity contribution is 6.30. The lowest BCUT2D eigenvalue weighted by Crippen LogP contribution is -2.06. The maximum absolute atomic E-state index is 10.4. The minimum Gasteiger partial charge on any atom is -0.493 e. The summed E-state index contributed by atoms with van der Waals surface area (Å²) in [4.78, 5) is 0. The Morgan fingerprint density at radius 1 is 1.10 bits per heavy atom. The average molecular weight is 291 g/mol. The molecule has 2 aromatic carbocycles. The zero-order valence-corrected chi connectivity index (χ0v) is 12.3. The Morgan fingerprint density at radius 3 is 2.50 bits per heavy atom. The average Bonchev–Trinajstić information content (AvgIpc) is 2.47. The van der Waals surface area contributed by atoms with Crippen LogP contribution < -0.4 is 4.74 Å². The summed E-state index contributed by atoms with van der Waals surface area (Å²) in [6.45, 7) is 2.72. The second-order valence-corrected chi connectivity index (χ2v) is 5.17. The van der Waals surface area contributed by atoms with Gasteiger partial charge in [0.1, 0.15) is 5.75 Å². The summed E-state index contributed by atoms with van der Waals surface area (Å²) in [5.41, 5.74) is 1.88. The molecular weight excluding hydrogens is 272 g/mol. The van der Waals surface area contributed by atoms with E-state index in [2.05, 4.69) is 6.92 Å². The Labute approximate surface area is 125 Å². The number of hydrogen-bond acceptors (Lipinski definition) is 2. The topological polar surface area (TPSA) is 29.5 Å². The number of rotatable bonds is 6. The van der Waals surface area contributed by atoms with Gasteiger partial charge in [-0.3, -0.25) is 0 Å². The van der Waals surface area contributed by atoms with Crippen molar-refractivity contribution < 1.29 is 9.84 Å². The van der Waals surface area contributed by atoms with Gasteiger partial charge in [0, 0.05) is 17.0 Å². The van der Waals surface area contributed by atoms with E-state index >= 15 is 0 Å². The number of hydrogen-bond donors (Lipinski definition) is 1. The summed E-state index contributed by atoms with van der Waals surface area (Å²) in [6.07, 6.45) is 0.912. The van der Waals surface area contributed by atoms with Gasteiger partial charge in [-0.05, 0) is 30.2 Å². The van der Waals surface area contributed by atoms with Gasteiger partial charge >= 0.3 is 0 Å². The molecule has 1 atom stereocenters. The second kappa shape index (κ2) is 7.32. The Morgan fingerprint density at radius 2 is 1.80 bits per heavy atom. The number of aliphatic hydroxyl groups excluding tert-OH is 1. The molecule has 1 unspecified atom stereocenters. The first kappa shape index (κ1) is 14.9. The molecule has 0 spiro atoms. The van der Waals surface area contributed by atoms with Crippen LogP contribution in [-0.4, -0.2) is 11.7 Å². The number of halogens is 1. The number of benzene rings is 2. The minimum absolute atomic E-state index is 0.545. The second-order valence-electron chi connectivity index (χ2n) is 4.73. The fourth-order valence-corrected chi connectivity index (χ4v) is 2.18. The van der Waals surface area contributed by atoms with E-state index in [-0.39, 0.29) is 0 Å². The fourth-order valence-electron chi connectivity index (χ4n) is 2.05. The van der Waals surface area contributed by atoms with E-state index in [1.165, 1.54) is 0 Å². The molecule has 0 bridgehead atoms. The predicted octanol–water partition coefficient (Wildman–Crippen LogP) is 4.40. The first-order valence-corrected chi connectivity index (χ1v) is 7.22. The van der Waals surface area contributed by atoms with Crippen molar-refractivity contribution in [1.29, 1.82) is 0 Å². The third-order valence-corrected chi connectivity index (χ3v) is 3.33. The Kier molecular flexibility index (Phi) is 5.45. The molecule has 0 aromatic heterocycles. The summed E-state index contributed by atoms with van der Waals surface area (Å²) in [5, 5.41) is 11.1. The van der Waals surface area contributed by atoms with Gasteiger partial charge in [0.25, 0.3) is 0 Å². The van der Waals surface area contributed by atoms with Crippen LogP contribution >= 0.6 is 11.6 Å². The van der Waals surface area contributed by atoms with Gasteiger partial charge in [-0.2, -0.15) is 0 Å². The zero-order chi connectivity index (χ0) is 14.4. The Balaban J connectivity index is 2.12. The molecule has 106 valence electrons. The molecule has 2 aromatic rings. The smallest absolute Gasteiger partial charge is 0.125 e. The van der Waals surface area contributed by atoms with Crippen LogP contribution in [0.1, 0.15) is 30.6 Å². The summed E-state index contributed by atoms with van der Waals surface area (Å²) in [6, 6.07) is 15.2. The molecule has 0 heterocycles. The van der Waals surface area contributed by atoms with E-state index in [1.54, 1.807) is 0 Å². The third kappa shape index (κ3) is 3.99. The van der Waals surface area contributed by atoms with Crippen LogP contribution in [0.3, 0.4) is 0 Å². The molecule has 0 fully saturated rings. The van der Waals surface area contributed by atoms with Crippen LogP contribution in [0, 0.1) is 0 Å². The molecule has 0 aliphatic heterocycles. The van der Waals surface area contributed by atoms with E-state index < -0.39 is 6.10 Å². The van der Waals surface area contributed by atoms with Gasteiger partial charge in [-0.25, -0.2) is 0 Å². The molecular formula is C17H19ClO2. The van der Waals surface area contributed by atoms with E-state index in [1.807, 2.05) is 48.5 Å². The highest BCUT2D eigenvalue weighted by Crippen LogP contribution is 2.28. The summed E-state index contributed by atoms with van der Waals surface area (Å²) >= 11 is 5.87. The largest absolute Gasteiger partial charge is 0.493 e. The van der Waals surface area contributed by atoms with Crippen molar-refractivity contribution in [3.8, 4) is 5.75 Å². The number of aliphatic hydroxyl groups is 1. The van der Waals surface area contributed by atoms with Crippen molar-refractivity contribution in [2.24, 2.45) is 0 Å². The van der Waals surface area contributed by atoms with Crippen LogP contribution in [0.4, 0.5) is 0 Å². The monoisotopic (exact) mass is 290 g/mol. The molecule has 2 nitrogen and oxygen atoms in total. The van der Waals surface area contributed by atoms with Crippen molar-refractivity contribution in [2.75, 3.05) is 6.61 Å².